The van der Waals surface area contributed by atoms with Crippen LogP contribution in [0.1, 0.15) is 13.3 Å². The molecular weight excluding hydrogens is 218 g/mol. The van der Waals surface area contributed by atoms with Gasteiger partial charge in [-0.1, -0.05) is 18.2 Å². The zero-order valence-corrected chi connectivity index (χ0v) is 9.87. The van der Waals surface area contributed by atoms with Gasteiger partial charge in [0, 0.05) is 13.1 Å². The van der Waals surface area contributed by atoms with E-state index in [0.717, 1.165) is 0 Å². The number of para-hydroxylation sites is 1. The third kappa shape index (κ3) is 2.97. The van der Waals surface area contributed by atoms with Crippen molar-refractivity contribution in [3.63, 3.8) is 0 Å². The molecule has 1 fully saturated rings. The van der Waals surface area contributed by atoms with E-state index in [0.29, 0.717) is 25.3 Å². The average molecular weight is 235 g/mol. The summed E-state index contributed by atoms with van der Waals surface area (Å²) < 4.78 is 5.55. The second-order valence-electron chi connectivity index (χ2n) is 4.30. The Bertz CT molecular complexity index is 380. The molecule has 1 aromatic rings. The highest BCUT2D eigenvalue weighted by molar-refractivity contribution is 5.81. The van der Waals surface area contributed by atoms with Crippen LogP contribution in [0.2, 0.25) is 0 Å². The second kappa shape index (κ2) is 5.19. The Hall–Kier alpha value is -1.55. The van der Waals surface area contributed by atoms with Crippen molar-refractivity contribution in [3.05, 3.63) is 30.3 Å². The molecule has 92 valence electrons. The normalized spacial score (nSPS) is 21.3. The van der Waals surface area contributed by atoms with Crippen molar-refractivity contribution in [3.8, 4) is 5.75 Å². The first-order valence-electron chi connectivity index (χ1n) is 5.85. The maximum Gasteiger partial charge on any atom is 0.263 e. The van der Waals surface area contributed by atoms with Crippen LogP contribution in [0.3, 0.4) is 0 Å². The minimum atomic E-state index is -0.511. The lowest BCUT2D eigenvalue weighted by molar-refractivity contribution is -0.137. The van der Waals surface area contributed by atoms with E-state index < -0.39 is 6.10 Å². The molecule has 0 radical (unpaired) electrons. The van der Waals surface area contributed by atoms with E-state index in [-0.39, 0.29) is 12.0 Å². The number of ether oxygens (including phenoxy) is 1. The van der Waals surface area contributed by atoms with Crippen LogP contribution in [0.5, 0.6) is 5.75 Å². The fourth-order valence-corrected chi connectivity index (χ4v) is 1.95. The summed E-state index contributed by atoms with van der Waals surface area (Å²) in [5.74, 6) is 0.624. The van der Waals surface area contributed by atoms with E-state index in [9.17, 15) is 9.90 Å². The van der Waals surface area contributed by atoms with Crippen molar-refractivity contribution >= 4 is 5.91 Å². The van der Waals surface area contributed by atoms with Gasteiger partial charge in [-0.15, -0.1) is 0 Å². The van der Waals surface area contributed by atoms with Crippen LogP contribution in [0, 0.1) is 0 Å². The first kappa shape index (κ1) is 11.9. The highest BCUT2D eigenvalue weighted by atomic mass is 16.5. The molecule has 0 aliphatic carbocycles. The number of aliphatic hydroxyl groups is 1. The van der Waals surface area contributed by atoms with Gasteiger partial charge in [-0.3, -0.25) is 4.79 Å². The smallest absolute Gasteiger partial charge is 0.263 e. The molecule has 1 aliphatic rings. The summed E-state index contributed by atoms with van der Waals surface area (Å²) in [7, 11) is 0. The Labute approximate surface area is 101 Å². The zero-order valence-electron chi connectivity index (χ0n) is 9.87. The summed E-state index contributed by atoms with van der Waals surface area (Å²) in [4.78, 5) is 13.6. The molecule has 0 unspecified atom stereocenters. The average Bonchev–Trinajstić information content (AvgIpc) is 2.76. The SMILES string of the molecule is C[C@H](Oc1ccccc1)C(=O)N1CC[C@@H](O)C1. The Kier molecular flexibility index (Phi) is 3.64. The van der Waals surface area contributed by atoms with Gasteiger partial charge in [0.1, 0.15) is 5.75 Å². The van der Waals surface area contributed by atoms with E-state index in [2.05, 4.69) is 0 Å². The topological polar surface area (TPSA) is 49.8 Å². The van der Waals surface area contributed by atoms with Crippen molar-refractivity contribution in [1.82, 2.24) is 4.90 Å². The van der Waals surface area contributed by atoms with E-state index in [1.54, 1.807) is 11.8 Å². The van der Waals surface area contributed by atoms with E-state index in [1.165, 1.54) is 0 Å². The number of β-amino-alcohol motifs (C(OH)–C–C–N with tert-alkyl or cyclic N) is 1. The molecule has 1 aromatic carbocycles. The number of likely N-dealkylation sites (tertiary alicyclic amines) is 1. The molecule has 1 N–H and O–H groups in total. The third-order valence-corrected chi connectivity index (χ3v) is 2.88. The predicted molar refractivity (Wildman–Crippen MR) is 63.7 cm³/mol. The van der Waals surface area contributed by atoms with Crippen LogP contribution in [-0.2, 0) is 4.79 Å². The molecule has 17 heavy (non-hydrogen) atoms. The van der Waals surface area contributed by atoms with Crippen LogP contribution in [0.15, 0.2) is 30.3 Å². The molecule has 1 aliphatic heterocycles. The number of aliphatic hydroxyl groups excluding tert-OH is 1. The van der Waals surface area contributed by atoms with Gasteiger partial charge in [0.15, 0.2) is 6.10 Å². The number of hydrogen-bond acceptors (Lipinski definition) is 3. The van der Waals surface area contributed by atoms with Crippen LogP contribution in [0.25, 0.3) is 0 Å². The van der Waals surface area contributed by atoms with Crippen molar-refractivity contribution in [2.24, 2.45) is 0 Å². The van der Waals surface area contributed by atoms with Crippen molar-refractivity contribution in [1.29, 1.82) is 0 Å². The number of nitrogens with zero attached hydrogens (tertiary/aromatic N) is 1. The van der Waals surface area contributed by atoms with Crippen molar-refractivity contribution < 1.29 is 14.6 Å². The molecule has 0 aromatic heterocycles. The lowest BCUT2D eigenvalue weighted by Gasteiger charge is -2.21. The highest BCUT2D eigenvalue weighted by Crippen LogP contribution is 2.15. The fraction of sp³-hybridized carbons (Fsp3) is 0.462. The van der Waals surface area contributed by atoms with E-state index in [1.807, 2.05) is 30.3 Å². The predicted octanol–water partition coefficient (Wildman–Crippen LogP) is 1.05. The van der Waals surface area contributed by atoms with Gasteiger partial charge in [0.25, 0.3) is 5.91 Å². The number of benzene rings is 1. The summed E-state index contributed by atoms with van der Waals surface area (Å²) in [5, 5.41) is 9.39. The molecule has 1 heterocycles. The Morgan fingerprint density at radius 2 is 2.18 bits per heavy atom. The van der Waals surface area contributed by atoms with Gasteiger partial charge >= 0.3 is 0 Å². The maximum absolute atomic E-state index is 12.0. The first-order chi connectivity index (χ1) is 8.16. The molecule has 0 spiro atoms. The minimum Gasteiger partial charge on any atom is -0.481 e. The molecule has 0 saturated carbocycles. The third-order valence-electron chi connectivity index (χ3n) is 2.88. The van der Waals surface area contributed by atoms with Crippen molar-refractivity contribution in [2.45, 2.75) is 25.6 Å². The summed E-state index contributed by atoms with van der Waals surface area (Å²) in [5.41, 5.74) is 0. The summed E-state index contributed by atoms with van der Waals surface area (Å²) in [6.45, 7) is 2.77. The molecule has 0 bridgehead atoms. The zero-order chi connectivity index (χ0) is 12.3. The summed E-state index contributed by atoms with van der Waals surface area (Å²) in [6, 6.07) is 9.28. The molecule has 4 nitrogen and oxygen atoms in total. The largest absolute Gasteiger partial charge is 0.481 e. The van der Waals surface area contributed by atoms with E-state index in [4.69, 9.17) is 4.74 Å². The van der Waals surface area contributed by atoms with Gasteiger partial charge in [-0.05, 0) is 25.5 Å². The molecule has 2 atom stereocenters. The minimum absolute atomic E-state index is 0.0644. The highest BCUT2D eigenvalue weighted by Gasteiger charge is 2.28. The van der Waals surface area contributed by atoms with Gasteiger partial charge < -0.3 is 14.7 Å². The fourth-order valence-electron chi connectivity index (χ4n) is 1.95. The summed E-state index contributed by atoms with van der Waals surface area (Å²) >= 11 is 0. The quantitative estimate of drug-likeness (QED) is 0.852. The van der Waals surface area contributed by atoms with Crippen LogP contribution < -0.4 is 4.74 Å². The van der Waals surface area contributed by atoms with Crippen LogP contribution >= 0.6 is 0 Å². The maximum atomic E-state index is 12.0. The number of hydrogen-bond donors (Lipinski definition) is 1. The Morgan fingerprint density at radius 1 is 1.47 bits per heavy atom. The van der Waals surface area contributed by atoms with Crippen LogP contribution in [-0.4, -0.2) is 41.2 Å². The molecule has 4 heteroatoms. The Morgan fingerprint density at radius 3 is 2.76 bits per heavy atom. The van der Waals surface area contributed by atoms with Crippen molar-refractivity contribution in [2.75, 3.05) is 13.1 Å². The lowest BCUT2D eigenvalue weighted by Crippen LogP contribution is -2.39. The van der Waals surface area contributed by atoms with Gasteiger partial charge in [-0.25, -0.2) is 0 Å². The second-order valence-corrected chi connectivity index (χ2v) is 4.30. The molecular formula is C13H17NO3. The van der Waals surface area contributed by atoms with Crippen LogP contribution in [0.4, 0.5) is 0 Å². The molecule has 2 rings (SSSR count). The monoisotopic (exact) mass is 235 g/mol. The number of amides is 1. The van der Waals surface area contributed by atoms with Gasteiger partial charge in [-0.2, -0.15) is 0 Å². The molecule has 1 saturated heterocycles. The lowest BCUT2D eigenvalue weighted by atomic mass is 10.3. The molecule has 1 amide bonds. The number of rotatable bonds is 3. The van der Waals surface area contributed by atoms with Gasteiger partial charge in [0.05, 0.1) is 6.10 Å². The summed E-state index contributed by atoms with van der Waals surface area (Å²) in [6.07, 6.45) is -0.241. The van der Waals surface area contributed by atoms with Gasteiger partial charge in [0.2, 0.25) is 0 Å². The Balaban J connectivity index is 1.92. The van der Waals surface area contributed by atoms with E-state index >= 15 is 0 Å². The number of carbonyl (C=O) groups is 1. The first-order valence-corrected chi connectivity index (χ1v) is 5.85. The number of carbonyl (C=O) groups excluding carboxylic acids is 1. The standard InChI is InChI=1S/C13H17NO3/c1-10(17-12-5-3-2-4-6-12)13(16)14-8-7-11(15)9-14/h2-6,10-11,15H,7-9H2,1H3/t10-,11+/m0/s1.